The molecule has 0 bridgehead atoms. The number of pyridine rings is 1. The summed E-state index contributed by atoms with van der Waals surface area (Å²) in [4.78, 5) is 11.9. The fraction of sp³-hybridized carbons (Fsp3) is 0.136. The number of benzene rings is 2. The van der Waals surface area contributed by atoms with Crippen molar-refractivity contribution in [2.24, 2.45) is 0 Å². The number of halogens is 3. The van der Waals surface area contributed by atoms with Crippen LogP contribution in [0.15, 0.2) is 55.0 Å². The molecule has 7 nitrogen and oxygen atoms in total. The first-order valence-electron chi connectivity index (χ1n) is 9.89. The van der Waals surface area contributed by atoms with Crippen LogP contribution in [0.25, 0.3) is 22.0 Å². The average molecular weight is 473 g/mol. The van der Waals surface area contributed by atoms with Crippen molar-refractivity contribution in [3.05, 3.63) is 72.6 Å². The van der Waals surface area contributed by atoms with E-state index >= 15 is 0 Å². The van der Waals surface area contributed by atoms with Gasteiger partial charge >= 0.3 is 0 Å². The lowest BCUT2D eigenvalue weighted by Crippen LogP contribution is -2.17. The maximum atomic E-state index is 14.5. The zero-order valence-electron chi connectivity index (χ0n) is 17.3. The van der Waals surface area contributed by atoms with Gasteiger partial charge in [0.2, 0.25) is 16.0 Å². The van der Waals surface area contributed by atoms with E-state index in [9.17, 15) is 21.6 Å². The van der Waals surface area contributed by atoms with Crippen LogP contribution in [0.5, 0.6) is 0 Å². The Labute approximate surface area is 187 Å². The third-order valence-electron chi connectivity index (χ3n) is 4.75. The normalized spacial score (nSPS) is 11.5. The largest absolute Gasteiger partial charge is 0.337 e. The standard InChI is InChI=1S/C22H18F3N5O2S/c1-2-8-33(31,32)30-20-11-19(16(23)10-17(20)24)29-22-15-9-13(5-6-18(15)27-12-28-22)14-4-3-7-26-21(14)25/h3-7,9-12,30H,2,8H2,1H3,(H,27,28,29). The molecule has 0 amide bonds. The predicted octanol–water partition coefficient (Wildman–Crippen LogP) is 5.00. The summed E-state index contributed by atoms with van der Waals surface area (Å²) in [6.45, 7) is 1.67. The SMILES string of the molecule is CCCS(=O)(=O)Nc1cc(Nc2ncnc3ccc(-c4cccnc4F)cc23)c(F)cc1F. The maximum absolute atomic E-state index is 14.5. The van der Waals surface area contributed by atoms with Gasteiger partial charge < -0.3 is 5.32 Å². The Bertz CT molecular complexity index is 1450. The number of sulfonamides is 1. The lowest BCUT2D eigenvalue weighted by atomic mass is 10.0. The smallest absolute Gasteiger partial charge is 0.232 e. The lowest BCUT2D eigenvalue weighted by molar-refractivity contribution is 0.584. The molecule has 0 saturated carbocycles. The summed E-state index contributed by atoms with van der Waals surface area (Å²) in [6.07, 6.45) is 2.91. The first kappa shape index (κ1) is 22.5. The topological polar surface area (TPSA) is 96.9 Å². The third-order valence-corrected chi connectivity index (χ3v) is 6.23. The van der Waals surface area contributed by atoms with Crippen LogP contribution in [0.3, 0.4) is 0 Å². The van der Waals surface area contributed by atoms with Crippen LogP contribution < -0.4 is 10.0 Å². The Hall–Kier alpha value is -3.73. The van der Waals surface area contributed by atoms with Gasteiger partial charge in [-0.2, -0.15) is 4.39 Å². The minimum atomic E-state index is -3.79. The summed E-state index contributed by atoms with van der Waals surface area (Å²) < 4.78 is 69.1. The number of hydrogen-bond donors (Lipinski definition) is 2. The average Bonchev–Trinajstić information content (AvgIpc) is 2.77. The molecule has 0 aliphatic heterocycles. The molecule has 4 aromatic rings. The van der Waals surface area contributed by atoms with Gasteiger partial charge in [-0.1, -0.05) is 13.0 Å². The Kier molecular flexibility index (Phi) is 6.14. The summed E-state index contributed by atoms with van der Waals surface area (Å²) in [5.74, 6) is -2.71. The van der Waals surface area contributed by atoms with Crippen molar-refractivity contribution in [3.8, 4) is 11.1 Å². The molecule has 0 aliphatic carbocycles. The number of anilines is 3. The van der Waals surface area contributed by atoms with Gasteiger partial charge in [-0.3, -0.25) is 4.72 Å². The fourth-order valence-electron chi connectivity index (χ4n) is 3.26. The van der Waals surface area contributed by atoms with Gasteiger partial charge in [0.15, 0.2) is 0 Å². The highest BCUT2D eigenvalue weighted by atomic mass is 32.2. The molecule has 0 unspecified atom stereocenters. The molecule has 33 heavy (non-hydrogen) atoms. The van der Waals surface area contributed by atoms with E-state index in [1.54, 1.807) is 37.3 Å². The molecule has 2 aromatic heterocycles. The fourth-order valence-corrected chi connectivity index (χ4v) is 4.39. The predicted molar refractivity (Wildman–Crippen MR) is 120 cm³/mol. The molecule has 2 N–H and O–H groups in total. The quantitative estimate of drug-likeness (QED) is 0.367. The molecule has 0 atom stereocenters. The molecule has 0 spiro atoms. The monoisotopic (exact) mass is 473 g/mol. The van der Waals surface area contributed by atoms with Crippen molar-refractivity contribution >= 4 is 38.1 Å². The second kappa shape index (κ2) is 9.02. The Morgan fingerprint density at radius 2 is 1.73 bits per heavy atom. The molecule has 0 radical (unpaired) electrons. The van der Waals surface area contributed by atoms with Gasteiger partial charge in [-0.25, -0.2) is 32.2 Å². The van der Waals surface area contributed by atoms with Crippen LogP contribution in [0.4, 0.5) is 30.4 Å². The van der Waals surface area contributed by atoms with Gasteiger partial charge in [0.1, 0.15) is 23.8 Å². The van der Waals surface area contributed by atoms with Crippen LogP contribution in [-0.4, -0.2) is 29.1 Å². The van der Waals surface area contributed by atoms with Crippen molar-refractivity contribution in [1.29, 1.82) is 0 Å². The summed E-state index contributed by atoms with van der Waals surface area (Å²) >= 11 is 0. The molecule has 0 fully saturated rings. The van der Waals surface area contributed by atoms with Crippen LogP contribution in [0.2, 0.25) is 0 Å². The van der Waals surface area contributed by atoms with Gasteiger partial charge in [-0.05, 0) is 42.3 Å². The molecule has 4 rings (SSSR count). The van der Waals surface area contributed by atoms with Crippen molar-refractivity contribution in [1.82, 2.24) is 15.0 Å². The zero-order valence-corrected chi connectivity index (χ0v) is 18.1. The summed E-state index contributed by atoms with van der Waals surface area (Å²) in [7, 11) is -3.79. The van der Waals surface area contributed by atoms with E-state index in [2.05, 4.69) is 25.0 Å². The maximum Gasteiger partial charge on any atom is 0.232 e. The Balaban J connectivity index is 1.75. The number of nitrogens with zero attached hydrogens (tertiary/aromatic N) is 3. The highest BCUT2D eigenvalue weighted by Crippen LogP contribution is 2.31. The van der Waals surface area contributed by atoms with E-state index in [-0.39, 0.29) is 22.8 Å². The molecular weight excluding hydrogens is 455 g/mol. The first-order chi connectivity index (χ1) is 15.8. The van der Waals surface area contributed by atoms with Crippen LogP contribution in [-0.2, 0) is 10.0 Å². The number of hydrogen-bond acceptors (Lipinski definition) is 6. The van der Waals surface area contributed by atoms with Gasteiger partial charge in [0.05, 0.1) is 22.6 Å². The number of rotatable bonds is 7. The van der Waals surface area contributed by atoms with E-state index in [4.69, 9.17) is 0 Å². The minimum Gasteiger partial charge on any atom is -0.337 e. The molecule has 2 aromatic carbocycles. The van der Waals surface area contributed by atoms with E-state index in [1.165, 1.54) is 12.5 Å². The van der Waals surface area contributed by atoms with Crippen LogP contribution in [0.1, 0.15) is 13.3 Å². The molecular formula is C22H18F3N5O2S. The van der Waals surface area contributed by atoms with E-state index < -0.39 is 33.3 Å². The van der Waals surface area contributed by atoms with Gasteiger partial charge in [0.25, 0.3) is 0 Å². The summed E-state index contributed by atoms with van der Waals surface area (Å²) in [6, 6.07) is 9.67. The van der Waals surface area contributed by atoms with E-state index in [0.717, 1.165) is 6.07 Å². The van der Waals surface area contributed by atoms with Crippen molar-refractivity contribution in [2.45, 2.75) is 13.3 Å². The lowest BCUT2D eigenvalue weighted by Gasteiger charge is -2.13. The van der Waals surface area contributed by atoms with Gasteiger partial charge in [-0.15, -0.1) is 0 Å². The van der Waals surface area contributed by atoms with Crippen molar-refractivity contribution in [3.63, 3.8) is 0 Å². The molecule has 2 heterocycles. The number of fused-ring (bicyclic) bond motifs is 1. The van der Waals surface area contributed by atoms with Crippen LogP contribution >= 0.6 is 0 Å². The minimum absolute atomic E-state index is 0.166. The van der Waals surface area contributed by atoms with Crippen molar-refractivity contribution in [2.75, 3.05) is 15.8 Å². The van der Waals surface area contributed by atoms with Gasteiger partial charge in [0, 0.05) is 23.2 Å². The first-order valence-corrected chi connectivity index (χ1v) is 11.5. The molecule has 0 aliphatic rings. The third kappa shape index (κ3) is 4.87. The summed E-state index contributed by atoms with van der Waals surface area (Å²) in [5, 5.41) is 3.20. The number of nitrogens with one attached hydrogen (secondary N) is 2. The molecule has 170 valence electrons. The second-order valence-corrected chi connectivity index (χ2v) is 9.00. The molecule has 0 saturated heterocycles. The second-order valence-electron chi connectivity index (χ2n) is 7.15. The number of aromatic nitrogens is 3. The van der Waals surface area contributed by atoms with E-state index in [0.29, 0.717) is 29.0 Å². The Morgan fingerprint density at radius 1 is 0.939 bits per heavy atom. The van der Waals surface area contributed by atoms with Crippen molar-refractivity contribution < 1.29 is 21.6 Å². The van der Waals surface area contributed by atoms with E-state index in [1.807, 2.05) is 0 Å². The highest BCUT2D eigenvalue weighted by molar-refractivity contribution is 7.92. The van der Waals surface area contributed by atoms with Crippen LogP contribution in [0, 0.1) is 17.6 Å². The highest BCUT2D eigenvalue weighted by Gasteiger charge is 2.17. The Morgan fingerprint density at radius 3 is 2.48 bits per heavy atom. The molecule has 11 heteroatoms. The summed E-state index contributed by atoms with van der Waals surface area (Å²) in [5.41, 5.74) is 0.646. The zero-order chi connectivity index (χ0) is 23.6.